The molecule has 0 fully saturated rings. The van der Waals surface area contributed by atoms with Gasteiger partial charge in [0.2, 0.25) is 5.91 Å². The van der Waals surface area contributed by atoms with Gasteiger partial charge in [-0.3, -0.25) is 9.69 Å². The molecule has 1 unspecified atom stereocenters. The number of hydrogen-bond acceptors (Lipinski definition) is 3. The maximum Gasteiger partial charge on any atom is 0.218 e. The van der Waals surface area contributed by atoms with Crippen LogP contribution in [0.5, 0.6) is 0 Å². The highest BCUT2D eigenvalue weighted by molar-refractivity contribution is 5.73. The number of hydrogen-bond donors (Lipinski definition) is 2. The molecule has 0 aromatic rings. The van der Waals surface area contributed by atoms with E-state index in [4.69, 9.17) is 11.5 Å². The number of rotatable bonds is 6. The van der Waals surface area contributed by atoms with Crippen LogP contribution < -0.4 is 11.5 Å². The van der Waals surface area contributed by atoms with Gasteiger partial charge in [-0.15, -0.1) is 0 Å². The molecule has 0 saturated heterocycles. The van der Waals surface area contributed by atoms with Crippen LogP contribution in [-0.2, 0) is 4.79 Å². The number of carbonyl (C=O) groups is 1. The van der Waals surface area contributed by atoms with Crippen LogP contribution in [0.1, 0.15) is 26.7 Å². The zero-order valence-electron chi connectivity index (χ0n) is 8.84. The first-order valence-corrected chi connectivity index (χ1v) is 4.66. The van der Waals surface area contributed by atoms with Crippen molar-refractivity contribution in [1.29, 1.82) is 0 Å². The van der Waals surface area contributed by atoms with E-state index in [1.807, 2.05) is 7.05 Å². The molecule has 1 atom stereocenters. The lowest BCUT2D eigenvalue weighted by atomic mass is 9.97. The number of nitrogens with two attached hydrogens (primary N) is 2. The van der Waals surface area contributed by atoms with Crippen LogP contribution in [0.3, 0.4) is 0 Å². The van der Waals surface area contributed by atoms with Gasteiger partial charge in [0.25, 0.3) is 0 Å². The molecule has 0 aromatic heterocycles. The van der Waals surface area contributed by atoms with E-state index in [0.717, 1.165) is 6.42 Å². The molecule has 0 heterocycles. The second-order valence-corrected chi connectivity index (χ2v) is 3.69. The van der Waals surface area contributed by atoms with Crippen LogP contribution in [0.4, 0.5) is 0 Å². The number of carbonyl (C=O) groups excluding carboxylic acids is 1. The lowest BCUT2D eigenvalue weighted by Crippen LogP contribution is -2.50. The Balaban J connectivity index is 4.06. The van der Waals surface area contributed by atoms with Gasteiger partial charge in [0.15, 0.2) is 0 Å². The molecular weight excluding hydrogens is 166 g/mol. The van der Waals surface area contributed by atoms with Gasteiger partial charge in [-0.2, -0.15) is 0 Å². The molecule has 1 amide bonds. The lowest BCUT2D eigenvalue weighted by molar-refractivity contribution is -0.118. The second kappa shape index (κ2) is 5.19. The average molecular weight is 187 g/mol. The van der Waals surface area contributed by atoms with Crippen molar-refractivity contribution in [3.8, 4) is 0 Å². The number of amides is 1. The third-order valence-corrected chi connectivity index (χ3v) is 2.82. The molecule has 4 N–H and O–H groups in total. The zero-order valence-corrected chi connectivity index (χ0v) is 8.84. The molecule has 13 heavy (non-hydrogen) atoms. The fourth-order valence-electron chi connectivity index (χ4n) is 1.12. The largest absolute Gasteiger partial charge is 0.370 e. The Morgan fingerprint density at radius 1 is 1.54 bits per heavy atom. The Bertz CT molecular complexity index is 166. The predicted molar refractivity (Wildman–Crippen MR) is 54.2 cm³/mol. The van der Waals surface area contributed by atoms with Gasteiger partial charge in [-0.25, -0.2) is 0 Å². The Hall–Kier alpha value is -0.610. The normalized spacial score (nSPS) is 15.8. The predicted octanol–water partition coefficient (Wildman–Crippen LogP) is -0.0790. The van der Waals surface area contributed by atoms with E-state index >= 15 is 0 Å². The summed E-state index contributed by atoms with van der Waals surface area (Å²) in [6.07, 6.45) is 1.37. The first-order valence-electron chi connectivity index (χ1n) is 4.66. The summed E-state index contributed by atoms with van der Waals surface area (Å²) in [4.78, 5) is 12.7. The minimum Gasteiger partial charge on any atom is -0.370 e. The minimum atomic E-state index is -0.262. The van der Waals surface area contributed by atoms with E-state index in [9.17, 15) is 4.79 Å². The van der Waals surface area contributed by atoms with E-state index in [1.165, 1.54) is 0 Å². The summed E-state index contributed by atoms with van der Waals surface area (Å²) in [6, 6.07) is 0. The average Bonchev–Trinajstić information content (AvgIpc) is 2.12. The molecule has 0 aliphatic heterocycles. The van der Waals surface area contributed by atoms with Gasteiger partial charge >= 0.3 is 0 Å². The van der Waals surface area contributed by atoms with Gasteiger partial charge in [0.05, 0.1) is 0 Å². The molecule has 4 heteroatoms. The number of likely N-dealkylation sites (N-methyl/N-ethyl adjacent to an activating group) is 1. The number of primary amides is 1. The monoisotopic (exact) mass is 187 g/mol. The van der Waals surface area contributed by atoms with Gasteiger partial charge in [-0.1, -0.05) is 6.92 Å². The zero-order chi connectivity index (χ0) is 10.5. The SMILES string of the molecule is CCC(C)(CN)N(C)CCC(N)=O. The molecule has 0 bridgehead atoms. The van der Waals surface area contributed by atoms with Crippen LogP contribution in [0, 0.1) is 0 Å². The summed E-state index contributed by atoms with van der Waals surface area (Å²) < 4.78 is 0. The maximum atomic E-state index is 10.6. The van der Waals surface area contributed by atoms with E-state index in [-0.39, 0.29) is 11.4 Å². The fraction of sp³-hybridized carbons (Fsp3) is 0.889. The van der Waals surface area contributed by atoms with Crippen LogP contribution in [-0.4, -0.2) is 36.5 Å². The van der Waals surface area contributed by atoms with Crippen molar-refractivity contribution in [3.05, 3.63) is 0 Å². The molecular formula is C9H21N3O. The summed E-state index contributed by atoms with van der Waals surface area (Å²) in [5, 5.41) is 0. The van der Waals surface area contributed by atoms with Gasteiger partial charge in [0.1, 0.15) is 0 Å². The molecule has 0 radical (unpaired) electrons. The highest BCUT2D eigenvalue weighted by Crippen LogP contribution is 2.15. The van der Waals surface area contributed by atoms with Crippen molar-refractivity contribution in [3.63, 3.8) is 0 Å². The smallest absolute Gasteiger partial charge is 0.218 e. The molecule has 0 saturated carbocycles. The van der Waals surface area contributed by atoms with E-state index in [1.54, 1.807) is 0 Å². The van der Waals surface area contributed by atoms with Crippen molar-refractivity contribution in [1.82, 2.24) is 4.90 Å². The Kier molecular flexibility index (Phi) is 4.95. The molecule has 4 nitrogen and oxygen atoms in total. The molecule has 0 aliphatic carbocycles. The maximum absolute atomic E-state index is 10.6. The van der Waals surface area contributed by atoms with Crippen LogP contribution in [0.15, 0.2) is 0 Å². The minimum absolute atomic E-state index is 0.0184. The molecule has 0 rings (SSSR count). The quantitative estimate of drug-likeness (QED) is 0.611. The first-order chi connectivity index (χ1) is 5.96. The highest BCUT2D eigenvalue weighted by atomic mass is 16.1. The van der Waals surface area contributed by atoms with Crippen molar-refractivity contribution in [2.75, 3.05) is 20.1 Å². The molecule has 78 valence electrons. The van der Waals surface area contributed by atoms with E-state index in [0.29, 0.717) is 19.5 Å². The van der Waals surface area contributed by atoms with Crippen molar-refractivity contribution in [2.45, 2.75) is 32.2 Å². The van der Waals surface area contributed by atoms with Gasteiger partial charge in [0, 0.05) is 25.0 Å². The third kappa shape index (κ3) is 3.74. The standard InChI is InChI=1S/C9H21N3O/c1-4-9(2,7-10)12(3)6-5-8(11)13/h4-7,10H2,1-3H3,(H2,11,13). The number of nitrogens with zero attached hydrogens (tertiary/aromatic N) is 1. The molecule has 0 spiro atoms. The summed E-state index contributed by atoms with van der Waals surface area (Å²) in [5.74, 6) is -0.262. The lowest BCUT2D eigenvalue weighted by Gasteiger charge is -2.37. The van der Waals surface area contributed by atoms with Crippen molar-refractivity contribution < 1.29 is 4.79 Å². The van der Waals surface area contributed by atoms with Crippen molar-refractivity contribution in [2.24, 2.45) is 11.5 Å². The Labute approximate surface area is 80.3 Å². The van der Waals surface area contributed by atoms with E-state index < -0.39 is 0 Å². The van der Waals surface area contributed by atoms with Gasteiger partial charge in [-0.05, 0) is 20.4 Å². The topological polar surface area (TPSA) is 72.3 Å². The van der Waals surface area contributed by atoms with Crippen LogP contribution >= 0.6 is 0 Å². The Morgan fingerprint density at radius 3 is 2.38 bits per heavy atom. The molecule has 0 aliphatic rings. The molecule has 0 aromatic carbocycles. The summed E-state index contributed by atoms with van der Waals surface area (Å²) >= 11 is 0. The summed E-state index contributed by atoms with van der Waals surface area (Å²) in [7, 11) is 1.97. The van der Waals surface area contributed by atoms with Gasteiger partial charge < -0.3 is 11.5 Å². The summed E-state index contributed by atoms with van der Waals surface area (Å²) in [6.45, 7) is 5.46. The summed E-state index contributed by atoms with van der Waals surface area (Å²) in [5.41, 5.74) is 10.7. The first kappa shape index (κ1) is 12.4. The third-order valence-electron chi connectivity index (χ3n) is 2.82. The fourth-order valence-corrected chi connectivity index (χ4v) is 1.12. The second-order valence-electron chi connectivity index (χ2n) is 3.69. The van der Waals surface area contributed by atoms with E-state index in [2.05, 4.69) is 18.7 Å². The van der Waals surface area contributed by atoms with Crippen molar-refractivity contribution >= 4 is 5.91 Å². The Morgan fingerprint density at radius 2 is 2.08 bits per heavy atom. The van der Waals surface area contributed by atoms with Crippen LogP contribution in [0.2, 0.25) is 0 Å². The highest BCUT2D eigenvalue weighted by Gasteiger charge is 2.25. The van der Waals surface area contributed by atoms with Crippen LogP contribution in [0.25, 0.3) is 0 Å².